The Morgan fingerprint density at radius 2 is 1.26 bits per heavy atom. The summed E-state index contributed by atoms with van der Waals surface area (Å²) in [6.07, 6.45) is 37.5. The first kappa shape index (κ1) is 68.9. The second-order valence-electron chi connectivity index (χ2n) is 31.6. The van der Waals surface area contributed by atoms with Crippen LogP contribution in [0.5, 0.6) is 11.9 Å². The smallest absolute Gasteiger partial charge is 0.345 e. The van der Waals surface area contributed by atoms with Crippen molar-refractivity contribution in [3.63, 3.8) is 0 Å². The van der Waals surface area contributed by atoms with Gasteiger partial charge in [0, 0.05) is 76.0 Å². The van der Waals surface area contributed by atoms with E-state index in [0.717, 1.165) is 84.5 Å². The molecule has 0 amide bonds. The summed E-state index contributed by atoms with van der Waals surface area (Å²) >= 11 is 3.65. The molecule has 0 bridgehead atoms. The van der Waals surface area contributed by atoms with Crippen molar-refractivity contribution in [2.75, 3.05) is 0 Å². The van der Waals surface area contributed by atoms with Crippen LogP contribution in [0.1, 0.15) is 220 Å². The monoisotopic (exact) mass is 1450 g/mol. The SMILES string of the molecule is CC1(Cc2nc(-c3ccccc3[N-]c3ccccc3)cs2)CCCC1.Cc1n(-c2ccccc2)cc2[n+]1Cn1cc(C(C)C3(C)CCCC3)nc1O2.Cc1occ2[n+]1Cn1cc(CCC3(C)CCCC3)nc1C2(C)C.Cc1scc2[n+]1Cn1cc(C3(C)CCCCC3)c3cccc-2c31.[Pd]. The molecule has 4 aliphatic carbocycles. The van der Waals surface area contributed by atoms with E-state index in [1.165, 1.54) is 165 Å². The fourth-order valence-corrected chi connectivity index (χ4v) is 19.4. The van der Waals surface area contributed by atoms with E-state index < -0.39 is 0 Å². The Morgan fingerprint density at radius 1 is 0.606 bits per heavy atom. The molecular formula is C83H101N11O2PdS2+2. The number of para-hydroxylation sites is 4. The van der Waals surface area contributed by atoms with Crippen LogP contribution in [0.2, 0.25) is 0 Å². The number of ether oxygens (including phenoxy) is 1. The summed E-state index contributed by atoms with van der Waals surface area (Å²) in [5.74, 6) is 4.59. The van der Waals surface area contributed by atoms with E-state index in [1.807, 2.05) is 67.0 Å². The molecule has 520 valence electrons. The Kier molecular flexibility index (Phi) is 19.5. The number of imidazole rings is 3. The van der Waals surface area contributed by atoms with Gasteiger partial charge in [-0.1, -0.05) is 189 Å². The molecule has 16 heteroatoms. The minimum absolute atomic E-state index is 0. The summed E-state index contributed by atoms with van der Waals surface area (Å²) in [5.41, 5.74) is 16.3. The van der Waals surface area contributed by atoms with Gasteiger partial charge in [-0.25, -0.2) is 9.97 Å². The van der Waals surface area contributed by atoms with Gasteiger partial charge < -0.3 is 14.5 Å². The largest absolute Gasteiger partial charge is 0.657 e. The first-order valence-corrected chi connectivity index (χ1v) is 38.5. The molecule has 7 aromatic heterocycles. The minimum Gasteiger partial charge on any atom is -0.657 e. The first-order chi connectivity index (χ1) is 47.3. The molecule has 10 heterocycles. The summed E-state index contributed by atoms with van der Waals surface area (Å²) in [5, 5.41) is 13.5. The second kappa shape index (κ2) is 28.0. The number of hydrogen-bond donors (Lipinski definition) is 0. The third kappa shape index (κ3) is 13.7. The van der Waals surface area contributed by atoms with Gasteiger partial charge in [0.2, 0.25) is 29.7 Å². The average molecular weight is 1460 g/mol. The fourth-order valence-electron chi connectivity index (χ4n) is 17.6. The van der Waals surface area contributed by atoms with Crippen LogP contribution in [0.4, 0.5) is 11.4 Å². The van der Waals surface area contributed by atoms with Crippen LogP contribution in [-0.2, 0) is 64.1 Å². The molecule has 13 nitrogen and oxygen atoms in total. The molecule has 0 N–H and O–H groups in total. The van der Waals surface area contributed by atoms with Gasteiger partial charge in [0.1, 0.15) is 16.9 Å². The Labute approximate surface area is 608 Å². The van der Waals surface area contributed by atoms with E-state index in [0.29, 0.717) is 33.6 Å². The van der Waals surface area contributed by atoms with Gasteiger partial charge in [-0.15, -0.1) is 27.3 Å². The van der Waals surface area contributed by atoms with Crippen molar-refractivity contribution in [1.82, 2.24) is 33.2 Å². The summed E-state index contributed by atoms with van der Waals surface area (Å²) in [4.78, 5) is 14.8. The Morgan fingerprint density at radius 3 is 2.01 bits per heavy atom. The Hall–Kier alpha value is -7.22. The van der Waals surface area contributed by atoms with Crippen molar-refractivity contribution < 1.29 is 43.3 Å². The summed E-state index contributed by atoms with van der Waals surface area (Å²) in [6, 6.07) is 36.4. The number of thiazole rings is 2. The standard InChI is InChI=1S/C22H27N4O.C22H23N2S.C20H23N2S.C19H28N3O.Pd/c1-16(22(3)11-7-8-12-22)19-13-24-15-26-17(2)25(18-9-5-4-6-10-18)14-20(26)27-21(24)23-19;1-22(13-7-8-14-22)15-21-24-20(16-25-21)18-11-5-6-12-19(18)23-17-9-3-2-4-10-17;1-14-22-13-21-11-17(20(2)9-4-3-5-10-20)15-7-6-8-16(19(15)21)18(22)12-23-14;1-14-22-13-21-11-15(7-10-19(4)8-5-6-9-19)20-17(21)18(2,3)16(22)12-23-14;/h4-6,9-10,13-14,16H,7-8,11-12,15H2,1-3H3;2-6,9-12,16H,7-8,13-15H2,1H3;6-8,11-12H,3-5,9-10,13H2,1-2H3;11-12H,5-10,13H2,1-4H3;/q+1;-1;2*+1;. The number of oxazole rings is 1. The van der Waals surface area contributed by atoms with Crippen LogP contribution in [0.25, 0.3) is 44.4 Å². The van der Waals surface area contributed by atoms with E-state index in [9.17, 15) is 0 Å². The van der Waals surface area contributed by atoms with Crippen LogP contribution < -0.4 is 18.4 Å². The predicted octanol–water partition coefficient (Wildman–Crippen LogP) is 20.6. The van der Waals surface area contributed by atoms with Gasteiger partial charge >= 0.3 is 17.8 Å². The van der Waals surface area contributed by atoms with Gasteiger partial charge in [0.15, 0.2) is 19.1 Å². The second-order valence-corrected chi connectivity index (χ2v) is 33.6. The molecular weight excluding hydrogens is 1350 g/mol. The van der Waals surface area contributed by atoms with Crippen LogP contribution >= 0.6 is 22.7 Å². The van der Waals surface area contributed by atoms with Crippen LogP contribution in [0.15, 0.2) is 149 Å². The van der Waals surface area contributed by atoms with Gasteiger partial charge in [-0.05, 0) is 129 Å². The zero-order chi connectivity index (χ0) is 67.6. The third-order valence-electron chi connectivity index (χ3n) is 24.1. The molecule has 0 spiro atoms. The molecule has 3 aliphatic heterocycles. The Bertz CT molecular complexity index is 4630. The molecule has 0 radical (unpaired) electrons. The number of rotatable bonds is 12. The van der Waals surface area contributed by atoms with Crippen molar-refractivity contribution in [1.29, 1.82) is 0 Å². The Balaban J connectivity index is 0.000000112. The minimum atomic E-state index is -0.106. The third-order valence-corrected chi connectivity index (χ3v) is 25.9. The first-order valence-electron chi connectivity index (χ1n) is 36.7. The van der Waals surface area contributed by atoms with E-state index in [-0.39, 0.29) is 25.8 Å². The van der Waals surface area contributed by atoms with Crippen LogP contribution in [0, 0.1) is 37.0 Å². The molecule has 0 saturated heterocycles. The van der Waals surface area contributed by atoms with Crippen molar-refractivity contribution in [2.24, 2.45) is 16.2 Å². The van der Waals surface area contributed by atoms with Gasteiger partial charge in [0.05, 0.1) is 45.5 Å². The molecule has 4 aromatic carbocycles. The molecule has 7 aliphatic rings. The number of fused-ring (bicyclic) bond motifs is 6. The summed E-state index contributed by atoms with van der Waals surface area (Å²) in [7, 11) is 0. The molecule has 1 unspecified atom stereocenters. The topological polar surface area (TPSA) is 106 Å². The van der Waals surface area contributed by atoms with E-state index in [2.05, 4.69) is 190 Å². The van der Waals surface area contributed by atoms with Crippen molar-refractivity contribution in [2.45, 2.75) is 234 Å². The van der Waals surface area contributed by atoms with Gasteiger partial charge in [0.25, 0.3) is 5.82 Å². The maximum Gasteiger partial charge on any atom is 0.345 e. The predicted molar refractivity (Wildman–Crippen MR) is 395 cm³/mol. The summed E-state index contributed by atoms with van der Waals surface area (Å²) < 4.78 is 27.8. The van der Waals surface area contributed by atoms with Crippen LogP contribution in [-0.4, -0.2) is 33.2 Å². The van der Waals surface area contributed by atoms with Gasteiger partial charge in [-0.3, -0.25) is 13.7 Å². The molecule has 11 aromatic rings. The number of benzene rings is 4. The zero-order valence-electron chi connectivity index (χ0n) is 60.1. The zero-order valence-corrected chi connectivity index (χ0v) is 63.3. The molecule has 4 fully saturated rings. The molecule has 99 heavy (non-hydrogen) atoms. The molecule has 1 atom stereocenters. The van der Waals surface area contributed by atoms with E-state index in [1.54, 1.807) is 16.9 Å². The van der Waals surface area contributed by atoms with Crippen molar-refractivity contribution in [3.8, 4) is 40.1 Å². The normalized spacial score (nSPS) is 18.5. The summed E-state index contributed by atoms with van der Waals surface area (Å²) in [6.45, 7) is 25.5. The van der Waals surface area contributed by atoms with Crippen molar-refractivity contribution in [3.05, 3.63) is 200 Å². The number of nitrogens with zero attached hydrogens (tertiary/aromatic N) is 11. The maximum absolute atomic E-state index is 6.18. The average Bonchev–Trinajstić information content (AvgIpc) is 1.68. The number of aromatic nitrogens is 10. The van der Waals surface area contributed by atoms with Crippen LogP contribution in [0.3, 0.4) is 0 Å². The number of aryl methyl sites for hydroxylation is 3. The number of hydrogen-bond acceptors (Lipinski definition) is 7. The molecule has 4 saturated carbocycles. The quantitative estimate of drug-likeness (QED) is 0.0895. The van der Waals surface area contributed by atoms with Crippen molar-refractivity contribution >= 4 is 45.0 Å². The van der Waals surface area contributed by atoms with E-state index in [4.69, 9.17) is 29.4 Å². The van der Waals surface area contributed by atoms with Gasteiger partial charge in [-0.2, -0.15) is 18.7 Å². The maximum atomic E-state index is 6.18. The molecule has 18 rings (SSSR count). The van der Waals surface area contributed by atoms with E-state index >= 15 is 0 Å². The fraction of sp³-hybridized carbons (Fsp3) is 0.470.